The molecule has 0 bridgehead atoms. The average Bonchev–Trinajstić information content (AvgIpc) is 2.13. The van der Waals surface area contributed by atoms with Crippen molar-refractivity contribution in [2.24, 2.45) is 5.92 Å². The number of carbonyl (C=O) groups excluding carboxylic acids is 1. The third-order valence-corrected chi connectivity index (χ3v) is 2.36. The lowest BCUT2D eigenvalue weighted by molar-refractivity contribution is -0.105. The standard InChI is InChI=1S/C12H22O/c1-4-6-7-9-12(10-13)11(3)8-5-2/h9-11H,4-8H2,1-3H3/b12-9+. The molecule has 0 aromatic heterocycles. The summed E-state index contributed by atoms with van der Waals surface area (Å²) < 4.78 is 0. The highest BCUT2D eigenvalue weighted by Crippen LogP contribution is 2.15. The first-order valence-electron chi connectivity index (χ1n) is 5.41. The predicted molar refractivity (Wildman–Crippen MR) is 57.7 cm³/mol. The number of aldehydes is 1. The zero-order chi connectivity index (χ0) is 10.1. The first kappa shape index (κ1) is 12.4. The van der Waals surface area contributed by atoms with Gasteiger partial charge in [-0.2, -0.15) is 0 Å². The maximum Gasteiger partial charge on any atom is 0.145 e. The molecule has 0 fully saturated rings. The van der Waals surface area contributed by atoms with E-state index in [4.69, 9.17) is 0 Å². The summed E-state index contributed by atoms with van der Waals surface area (Å²) in [6.07, 6.45) is 8.85. The summed E-state index contributed by atoms with van der Waals surface area (Å²) in [6.45, 7) is 6.46. The molecule has 0 heterocycles. The summed E-state index contributed by atoms with van der Waals surface area (Å²) in [5.74, 6) is 0.444. The molecule has 1 atom stereocenters. The Morgan fingerprint density at radius 2 is 2.00 bits per heavy atom. The van der Waals surface area contributed by atoms with Crippen molar-refractivity contribution < 1.29 is 4.79 Å². The molecule has 0 N–H and O–H groups in total. The van der Waals surface area contributed by atoms with Crippen LogP contribution in [-0.2, 0) is 4.79 Å². The third-order valence-electron chi connectivity index (χ3n) is 2.36. The maximum atomic E-state index is 10.7. The van der Waals surface area contributed by atoms with Crippen molar-refractivity contribution in [2.75, 3.05) is 0 Å². The number of unbranched alkanes of at least 4 members (excludes halogenated alkanes) is 2. The molecule has 0 aliphatic heterocycles. The minimum atomic E-state index is 0.444. The fourth-order valence-corrected chi connectivity index (χ4v) is 1.44. The quantitative estimate of drug-likeness (QED) is 0.333. The molecule has 0 aliphatic carbocycles. The summed E-state index contributed by atoms with van der Waals surface area (Å²) in [6, 6.07) is 0. The van der Waals surface area contributed by atoms with Gasteiger partial charge in [-0.15, -0.1) is 0 Å². The molecule has 0 aliphatic rings. The van der Waals surface area contributed by atoms with Gasteiger partial charge in [0.15, 0.2) is 0 Å². The van der Waals surface area contributed by atoms with Gasteiger partial charge in [-0.1, -0.05) is 46.1 Å². The van der Waals surface area contributed by atoms with Gasteiger partial charge in [0.05, 0.1) is 0 Å². The summed E-state index contributed by atoms with van der Waals surface area (Å²) in [4.78, 5) is 10.7. The highest BCUT2D eigenvalue weighted by molar-refractivity contribution is 5.73. The molecule has 1 unspecified atom stereocenters. The van der Waals surface area contributed by atoms with Gasteiger partial charge in [0.1, 0.15) is 6.29 Å². The van der Waals surface area contributed by atoms with Crippen LogP contribution in [0.3, 0.4) is 0 Å². The normalized spacial score (nSPS) is 14.2. The van der Waals surface area contributed by atoms with E-state index in [-0.39, 0.29) is 0 Å². The molecule has 0 aromatic carbocycles. The van der Waals surface area contributed by atoms with E-state index in [1.807, 2.05) is 0 Å². The Kier molecular flexibility index (Phi) is 7.66. The van der Waals surface area contributed by atoms with Crippen LogP contribution in [0, 0.1) is 5.92 Å². The Labute approximate surface area is 82.2 Å². The van der Waals surface area contributed by atoms with E-state index in [0.29, 0.717) is 5.92 Å². The van der Waals surface area contributed by atoms with Crippen molar-refractivity contribution >= 4 is 6.29 Å². The molecule has 0 rings (SSSR count). The van der Waals surface area contributed by atoms with Crippen LogP contribution in [0.4, 0.5) is 0 Å². The lowest BCUT2D eigenvalue weighted by atomic mass is 9.96. The number of hydrogen-bond donors (Lipinski definition) is 0. The summed E-state index contributed by atoms with van der Waals surface area (Å²) in [7, 11) is 0. The van der Waals surface area contributed by atoms with Gasteiger partial charge in [0, 0.05) is 0 Å². The minimum absolute atomic E-state index is 0.444. The van der Waals surface area contributed by atoms with Crippen LogP contribution in [0.15, 0.2) is 11.6 Å². The van der Waals surface area contributed by atoms with E-state index in [9.17, 15) is 4.79 Å². The highest BCUT2D eigenvalue weighted by atomic mass is 16.1. The van der Waals surface area contributed by atoms with Gasteiger partial charge in [-0.25, -0.2) is 0 Å². The lowest BCUT2D eigenvalue weighted by Crippen LogP contribution is -2.00. The van der Waals surface area contributed by atoms with Crippen LogP contribution in [0.5, 0.6) is 0 Å². The molecule has 76 valence electrons. The predicted octanol–water partition coefficient (Wildman–Crippen LogP) is 3.74. The van der Waals surface area contributed by atoms with Gasteiger partial charge in [0.2, 0.25) is 0 Å². The van der Waals surface area contributed by atoms with Crippen LogP contribution < -0.4 is 0 Å². The monoisotopic (exact) mass is 182 g/mol. The van der Waals surface area contributed by atoms with Crippen LogP contribution >= 0.6 is 0 Å². The Balaban J connectivity index is 3.98. The van der Waals surface area contributed by atoms with Crippen LogP contribution in [-0.4, -0.2) is 6.29 Å². The second-order valence-electron chi connectivity index (χ2n) is 3.65. The van der Waals surface area contributed by atoms with Crippen molar-refractivity contribution in [1.82, 2.24) is 0 Å². The van der Waals surface area contributed by atoms with E-state index in [1.165, 1.54) is 12.8 Å². The molecule has 0 amide bonds. The van der Waals surface area contributed by atoms with Gasteiger partial charge < -0.3 is 0 Å². The Bertz CT molecular complexity index is 159. The van der Waals surface area contributed by atoms with Crippen molar-refractivity contribution in [2.45, 2.75) is 52.9 Å². The second-order valence-corrected chi connectivity index (χ2v) is 3.65. The number of carbonyl (C=O) groups is 1. The Morgan fingerprint density at radius 1 is 1.31 bits per heavy atom. The lowest BCUT2D eigenvalue weighted by Gasteiger charge is -2.09. The van der Waals surface area contributed by atoms with Crippen molar-refractivity contribution in [3.05, 3.63) is 11.6 Å². The minimum Gasteiger partial charge on any atom is -0.298 e. The molecule has 0 radical (unpaired) electrons. The van der Waals surface area contributed by atoms with Crippen LogP contribution in [0.25, 0.3) is 0 Å². The maximum absolute atomic E-state index is 10.7. The van der Waals surface area contributed by atoms with Gasteiger partial charge >= 0.3 is 0 Å². The van der Waals surface area contributed by atoms with Crippen LogP contribution in [0.2, 0.25) is 0 Å². The molecule has 0 aromatic rings. The molecule has 1 nitrogen and oxygen atoms in total. The molecule has 0 spiro atoms. The molecule has 0 saturated carbocycles. The largest absolute Gasteiger partial charge is 0.298 e. The molecule has 0 saturated heterocycles. The van der Waals surface area contributed by atoms with Crippen molar-refractivity contribution in [1.29, 1.82) is 0 Å². The second kappa shape index (κ2) is 8.03. The average molecular weight is 182 g/mol. The molecule has 13 heavy (non-hydrogen) atoms. The molecular formula is C12H22O. The zero-order valence-corrected chi connectivity index (χ0v) is 9.18. The SMILES string of the molecule is CCCC/C=C(\C=O)C(C)CCC. The third kappa shape index (κ3) is 5.62. The fraction of sp³-hybridized carbons (Fsp3) is 0.750. The Hall–Kier alpha value is -0.590. The topological polar surface area (TPSA) is 17.1 Å². The van der Waals surface area contributed by atoms with Gasteiger partial charge in [-0.05, 0) is 24.3 Å². The van der Waals surface area contributed by atoms with E-state index in [1.54, 1.807) is 0 Å². The highest BCUT2D eigenvalue weighted by Gasteiger charge is 2.05. The summed E-state index contributed by atoms with van der Waals surface area (Å²) in [5.41, 5.74) is 0.996. The summed E-state index contributed by atoms with van der Waals surface area (Å²) in [5, 5.41) is 0. The first-order valence-corrected chi connectivity index (χ1v) is 5.41. The van der Waals surface area contributed by atoms with E-state index in [2.05, 4.69) is 26.8 Å². The molecule has 1 heteroatoms. The fourth-order valence-electron chi connectivity index (χ4n) is 1.44. The van der Waals surface area contributed by atoms with Crippen LogP contribution in [0.1, 0.15) is 52.9 Å². The van der Waals surface area contributed by atoms with Gasteiger partial charge in [0.25, 0.3) is 0 Å². The number of rotatable bonds is 7. The first-order chi connectivity index (χ1) is 6.26. The smallest absolute Gasteiger partial charge is 0.145 e. The Morgan fingerprint density at radius 3 is 2.46 bits per heavy atom. The van der Waals surface area contributed by atoms with Crippen molar-refractivity contribution in [3.63, 3.8) is 0 Å². The van der Waals surface area contributed by atoms with E-state index in [0.717, 1.165) is 31.1 Å². The van der Waals surface area contributed by atoms with Crippen molar-refractivity contribution in [3.8, 4) is 0 Å². The zero-order valence-electron chi connectivity index (χ0n) is 9.18. The van der Waals surface area contributed by atoms with E-state index >= 15 is 0 Å². The number of allylic oxidation sites excluding steroid dienone is 2. The van der Waals surface area contributed by atoms with E-state index < -0.39 is 0 Å². The summed E-state index contributed by atoms with van der Waals surface area (Å²) >= 11 is 0. The molecular weight excluding hydrogens is 160 g/mol. The number of hydrogen-bond acceptors (Lipinski definition) is 1. The van der Waals surface area contributed by atoms with Gasteiger partial charge in [-0.3, -0.25) is 4.79 Å².